The summed E-state index contributed by atoms with van der Waals surface area (Å²) in [4.78, 5) is 0. The molecule has 3 aromatic carbocycles. The van der Waals surface area contributed by atoms with E-state index in [1.54, 1.807) is 0 Å². The fourth-order valence-corrected chi connectivity index (χ4v) is 2.98. The Morgan fingerprint density at radius 2 is 1.64 bits per heavy atom. The first-order valence-corrected chi connectivity index (χ1v) is 7.58. The topological polar surface area (TPSA) is 40.5 Å². The number of rotatable bonds is 4. The quantitative estimate of drug-likeness (QED) is 0.749. The molecule has 0 saturated heterocycles. The summed E-state index contributed by atoms with van der Waals surface area (Å²) < 4.78 is 0. The molecule has 22 heavy (non-hydrogen) atoms. The highest BCUT2D eigenvalue weighted by molar-refractivity contribution is 5.89. The molecule has 0 amide bonds. The average molecular weight is 292 g/mol. The van der Waals surface area contributed by atoms with Gasteiger partial charge in [0.05, 0.1) is 0 Å². The molecule has 2 nitrogen and oxygen atoms in total. The molecule has 112 valence electrons. The van der Waals surface area contributed by atoms with Crippen LogP contribution in [-0.4, -0.2) is 16.8 Å². The molecule has 2 N–H and O–H groups in total. The van der Waals surface area contributed by atoms with Crippen molar-refractivity contribution in [2.75, 3.05) is 6.61 Å². The minimum Gasteiger partial charge on any atom is -0.507 e. The monoisotopic (exact) mass is 292 g/mol. The zero-order chi connectivity index (χ0) is 15.5. The maximum absolute atomic E-state index is 10.7. The molecule has 0 aliphatic carbocycles. The summed E-state index contributed by atoms with van der Waals surface area (Å²) in [6.07, 6.45) is 0.592. The maximum atomic E-state index is 10.7. The van der Waals surface area contributed by atoms with Crippen molar-refractivity contribution in [3.05, 3.63) is 77.4 Å². The van der Waals surface area contributed by atoms with Crippen LogP contribution in [-0.2, 0) is 0 Å². The van der Waals surface area contributed by atoms with Crippen LogP contribution in [0.2, 0.25) is 0 Å². The Labute approximate surface area is 130 Å². The van der Waals surface area contributed by atoms with Crippen LogP contribution in [0.1, 0.15) is 29.0 Å². The van der Waals surface area contributed by atoms with Crippen LogP contribution in [0.5, 0.6) is 5.75 Å². The van der Waals surface area contributed by atoms with E-state index in [4.69, 9.17) is 0 Å². The molecule has 0 unspecified atom stereocenters. The fourth-order valence-electron chi connectivity index (χ4n) is 2.98. The number of hydrogen-bond donors (Lipinski definition) is 2. The van der Waals surface area contributed by atoms with E-state index in [0.717, 1.165) is 21.9 Å². The zero-order valence-electron chi connectivity index (χ0n) is 12.7. The van der Waals surface area contributed by atoms with Crippen molar-refractivity contribution < 1.29 is 10.2 Å². The summed E-state index contributed by atoms with van der Waals surface area (Å²) >= 11 is 0. The van der Waals surface area contributed by atoms with Crippen molar-refractivity contribution in [3.63, 3.8) is 0 Å². The summed E-state index contributed by atoms with van der Waals surface area (Å²) in [5.41, 5.74) is 3.19. The van der Waals surface area contributed by atoms with Gasteiger partial charge in [0.15, 0.2) is 0 Å². The smallest absolute Gasteiger partial charge is 0.127 e. The van der Waals surface area contributed by atoms with E-state index in [1.807, 2.05) is 36.4 Å². The van der Waals surface area contributed by atoms with Gasteiger partial charge in [-0.2, -0.15) is 0 Å². The molecule has 0 radical (unpaired) electrons. The van der Waals surface area contributed by atoms with Crippen molar-refractivity contribution in [1.82, 2.24) is 0 Å². The maximum Gasteiger partial charge on any atom is 0.127 e. The Morgan fingerprint density at radius 3 is 2.36 bits per heavy atom. The SMILES string of the molecule is Cc1ccc([C@H](CCO)c2ccc3ccccc3c2O)cc1. The third kappa shape index (κ3) is 2.70. The first kappa shape index (κ1) is 14.6. The van der Waals surface area contributed by atoms with Crippen LogP contribution in [0, 0.1) is 6.92 Å². The normalized spacial score (nSPS) is 12.5. The van der Waals surface area contributed by atoms with Crippen molar-refractivity contribution in [3.8, 4) is 5.75 Å². The number of phenolic OH excluding ortho intramolecular Hbond substituents is 1. The van der Waals surface area contributed by atoms with Crippen LogP contribution >= 0.6 is 0 Å². The van der Waals surface area contributed by atoms with E-state index >= 15 is 0 Å². The molecular weight excluding hydrogens is 272 g/mol. The number of fused-ring (bicyclic) bond motifs is 1. The van der Waals surface area contributed by atoms with Gasteiger partial charge in [0.1, 0.15) is 5.75 Å². The second kappa shape index (κ2) is 6.20. The summed E-state index contributed by atoms with van der Waals surface area (Å²) in [5.74, 6) is 0.312. The van der Waals surface area contributed by atoms with E-state index in [9.17, 15) is 10.2 Å². The van der Waals surface area contributed by atoms with Crippen LogP contribution in [0.3, 0.4) is 0 Å². The molecule has 0 aliphatic heterocycles. The minimum absolute atomic E-state index is 0.00444. The third-order valence-electron chi connectivity index (χ3n) is 4.20. The minimum atomic E-state index is -0.00444. The van der Waals surface area contributed by atoms with Crippen molar-refractivity contribution >= 4 is 10.8 Å². The van der Waals surface area contributed by atoms with Gasteiger partial charge in [-0.1, -0.05) is 66.2 Å². The Balaban J connectivity index is 2.12. The Kier molecular flexibility index (Phi) is 4.12. The Morgan fingerprint density at radius 1 is 0.909 bits per heavy atom. The number of phenols is 1. The second-order valence-corrected chi connectivity index (χ2v) is 5.70. The van der Waals surface area contributed by atoms with Crippen LogP contribution in [0.25, 0.3) is 10.8 Å². The molecule has 0 aromatic heterocycles. The lowest BCUT2D eigenvalue weighted by molar-refractivity contribution is 0.281. The molecule has 3 rings (SSSR count). The standard InChI is InChI=1S/C20H20O2/c1-14-6-8-16(9-7-14)17(12-13-21)19-11-10-15-4-2-3-5-18(15)20(19)22/h2-11,17,21-22H,12-13H2,1H3/t17-/m0/s1. The first-order chi connectivity index (χ1) is 10.7. The van der Waals surface area contributed by atoms with Gasteiger partial charge in [-0.05, 0) is 24.3 Å². The number of aromatic hydroxyl groups is 1. The van der Waals surface area contributed by atoms with E-state index in [2.05, 4.69) is 31.2 Å². The summed E-state index contributed by atoms with van der Waals surface area (Å²) in [6.45, 7) is 2.14. The number of benzene rings is 3. The number of hydrogen-bond acceptors (Lipinski definition) is 2. The average Bonchev–Trinajstić information content (AvgIpc) is 2.55. The van der Waals surface area contributed by atoms with Gasteiger partial charge in [0.25, 0.3) is 0 Å². The summed E-state index contributed by atoms with van der Waals surface area (Å²) in [5, 5.41) is 22.0. The molecule has 0 heterocycles. The van der Waals surface area contributed by atoms with Gasteiger partial charge in [-0.15, -0.1) is 0 Å². The van der Waals surface area contributed by atoms with Crippen molar-refractivity contribution in [2.45, 2.75) is 19.3 Å². The third-order valence-corrected chi connectivity index (χ3v) is 4.20. The number of aliphatic hydroxyl groups is 1. The van der Waals surface area contributed by atoms with Gasteiger partial charge in [-0.25, -0.2) is 0 Å². The van der Waals surface area contributed by atoms with Crippen molar-refractivity contribution in [1.29, 1.82) is 0 Å². The fraction of sp³-hybridized carbons (Fsp3) is 0.200. The van der Waals surface area contributed by atoms with Gasteiger partial charge in [0.2, 0.25) is 0 Å². The molecule has 1 atom stereocenters. The first-order valence-electron chi connectivity index (χ1n) is 7.58. The largest absolute Gasteiger partial charge is 0.507 e. The van der Waals surface area contributed by atoms with E-state index in [-0.39, 0.29) is 12.5 Å². The highest BCUT2D eigenvalue weighted by Gasteiger charge is 2.18. The summed E-state index contributed by atoms with van der Waals surface area (Å²) in [6, 6.07) is 20.1. The lowest BCUT2D eigenvalue weighted by Gasteiger charge is -2.19. The number of aryl methyl sites for hydroxylation is 1. The zero-order valence-corrected chi connectivity index (χ0v) is 12.7. The van der Waals surface area contributed by atoms with Crippen LogP contribution < -0.4 is 0 Å². The van der Waals surface area contributed by atoms with Gasteiger partial charge < -0.3 is 10.2 Å². The molecular formula is C20H20O2. The molecule has 0 bridgehead atoms. The Hall–Kier alpha value is -2.32. The highest BCUT2D eigenvalue weighted by Crippen LogP contribution is 2.38. The van der Waals surface area contributed by atoms with E-state index in [1.165, 1.54) is 5.56 Å². The second-order valence-electron chi connectivity index (χ2n) is 5.70. The molecule has 0 spiro atoms. The number of aliphatic hydroxyl groups excluding tert-OH is 1. The van der Waals surface area contributed by atoms with Gasteiger partial charge in [-0.3, -0.25) is 0 Å². The Bertz CT molecular complexity index is 775. The molecule has 3 aromatic rings. The van der Waals surface area contributed by atoms with Crippen LogP contribution in [0.4, 0.5) is 0 Å². The molecule has 0 fully saturated rings. The van der Waals surface area contributed by atoms with Gasteiger partial charge >= 0.3 is 0 Å². The predicted octanol–water partition coefficient (Wildman–Crippen LogP) is 4.37. The lowest BCUT2D eigenvalue weighted by Crippen LogP contribution is -2.04. The molecule has 0 saturated carbocycles. The van der Waals surface area contributed by atoms with E-state index in [0.29, 0.717) is 12.2 Å². The van der Waals surface area contributed by atoms with Crippen molar-refractivity contribution in [2.24, 2.45) is 0 Å². The molecule has 0 aliphatic rings. The van der Waals surface area contributed by atoms with Gasteiger partial charge in [0, 0.05) is 23.5 Å². The summed E-state index contributed by atoms with van der Waals surface area (Å²) in [7, 11) is 0. The predicted molar refractivity (Wildman–Crippen MR) is 90.3 cm³/mol. The lowest BCUT2D eigenvalue weighted by atomic mass is 9.86. The highest BCUT2D eigenvalue weighted by atomic mass is 16.3. The van der Waals surface area contributed by atoms with Crippen LogP contribution in [0.15, 0.2) is 60.7 Å². The van der Waals surface area contributed by atoms with E-state index < -0.39 is 0 Å². The molecule has 2 heteroatoms.